The van der Waals surface area contributed by atoms with Crippen LogP contribution in [0.3, 0.4) is 0 Å². The molecule has 0 heterocycles. The molecule has 0 aliphatic rings. The summed E-state index contributed by atoms with van der Waals surface area (Å²) in [7, 11) is 0. The standard InChI is InChI=1S/C14H11ClF3NO2/c15-11-5-9(14(16,17)18)2-4-12(11)19-7-8-1-3-10(20)6-13(8)21/h1-6,19-21H,7H2. The minimum atomic E-state index is -4.45. The summed E-state index contributed by atoms with van der Waals surface area (Å²) in [5.74, 6) is -0.200. The molecular formula is C14H11ClF3NO2. The molecule has 0 fully saturated rings. The van der Waals surface area contributed by atoms with Gasteiger partial charge in [-0.3, -0.25) is 0 Å². The van der Waals surface area contributed by atoms with Gasteiger partial charge in [0.05, 0.1) is 16.3 Å². The summed E-state index contributed by atoms with van der Waals surface area (Å²) in [6.07, 6.45) is -4.45. The van der Waals surface area contributed by atoms with Gasteiger partial charge in [-0.2, -0.15) is 13.2 Å². The van der Waals surface area contributed by atoms with Crippen LogP contribution in [0.2, 0.25) is 5.02 Å². The number of nitrogens with one attached hydrogen (secondary N) is 1. The van der Waals surface area contributed by atoms with E-state index >= 15 is 0 Å². The topological polar surface area (TPSA) is 52.5 Å². The second-order valence-electron chi connectivity index (χ2n) is 4.36. The smallest absolute Gasteiger partial charge is 0.416 e. The van der Waals surface area contributed by atoms with E-state index in [0.717, 1.165) is 12.1 Å². The van der Waals surface area contributed by atoms with E-state index in [1.165, 1.54) is 24.3 Å². The molecule has 0 atom stereocenters. The molecule has 0 radical (unpaired) electrons. The molecule has 0 aliphatic heterocycles. The van der Waals surface area contributed by atoms with E-state index in [1.807, 2.05) is 0 Å². The monoisotopic (exact) mass is 317 g/mol. The molecule has 0 saturated carbocycles. The first-order chi connectivity index (χ1) is 9.77. The maximum atomic E-state index is 12.5. The van der Waals surface area contributed by atoms with Gasteiger partial charge in [-0.25, -0.2) is 0 Å². The van der Waals surface area contributed by atoms with Crippen molar-refractivity contribution in [1.29, 1.82) is 0 Å². The summed E-state index contributed by atoms with van der Waals surface area (Å²) >= 11 is 5.80. The fraction of sp³-hybridized carbons (Fsp3) is 0.143. The summed E-state index contributed by atoms with van der Waals surface area (Å²) < 4.78 is 37.5. The zero-order valence-electron chi connectivity index (χ0n) is 10.6. The Labute approximate surface area is 123 Å². The molecular weight excluding hydrogens is 307 g/mol. The van der Waals surface area contributed by atoms with Crippen molar-refractivity contribution >= 4 is 17.3 Å². The Balaban J connectivity index is 2.13. The molecule has 3 N–H and O–H groups in total. The Hall–Kier alpha value is -2.08. The third-order valence-electron chi connectivity index (χ3n) is 2.83. The van der Waals surface area contributed by atoms with Crippen LogP contribution in [0.5, 0.6) is 11.5 Å². The summed E-state index contributed by atoms with van der Waals surface area (Å²) in [6, 6.07) is 7.04. The first-order valence-corrected chi connectivity index (χ1v) is 6.26. The molecule has 3 nitrogen and oxygen atoms in total. The normalized spacial score (nSPS) is 11.4. The van der Waals surface area contributed by atoms with E-state index in [2.05, 4.69) is 5.32 Å². The lowest BCUT2D eigenvalue weighted by Gasteiger charge is -2.12. The van der Waals surface area contributed by atoms with E-state index in [9.17, 15) is 18.3 Å². The molecule has 0 spiro atoms. The van der Waals surface area contributed by atoms with Gasteiger partial charge >= 0.3 is 6.18 Å². The Kier molecular flexibility index (Phi) is 4.18. The van der Waals surface area contributed by atoms with Crippen molar-refractivity contribution in [3.05, 3.63) is 52.5 Å². The van der Waals surface area contributed by atoms with E-state index in [0.29, 0.717) is 11.3 Å². The lowest BCUT2D eigenvalue weighted by molar-refractivity contribution is -0.137. The Morgan fingerprint density at radius 1 is 1.05 bits per heavy atom. The van der Waals surface area contributed by atoms with Gasteiger partial charge in [-0.15, -0.1) is 0 Å². The number of rotatable bonds is 3. The number of aromatic hydroxyl groups is 2. The maximum Gasteiger partial charge on any atom is 0.416 e. The summed E-state index contributed by atoms with van der Waals surface area (Å²) in [6.45, 7) is 0.150. The van der Waals surface area contributed by atoms with E-state index in [-0.39, 0.29) is 23.1 Å². The number of hydrogen-bond donors (Lipinski definition) is 3. The quantitative estimate of drug-likeness (QED) is 0.787. The highest BCUT2D eigenvalue weighted by atomic mass is 35.5. The van der Waals surface area contributed by atoms with Gasteiger partial charge in [-0.05, 0) is 30.3 Å². The van der Waals surface area contributed by atoms with Crippen LogP contribution in [0.15, 0.2) is 36.4 Å². The second kappa shape index (κ2) is 5.73. The number of phenolic OH excluding ortho intramolecular Hbond substituents is 2. The number of anilines is 1. The largest absolute Gasteiger partial charge is 0.508 e. The number of halogens is 4. The van der Waals surface area contributed by atoms with Crippen molar-refractivity contribution in [1.82, 2.24) is 0 Å². The van der Waals surface area contributed by atoms with Gasteiger partial charge in [0, 0.05) is 18.2 Å². The van der Waals surface area contributed by atoms with Crippen LogP contribution in [0.1, 0.15) is 11.1 Å². The maximum absolute atomic E-state index is 12.5. The highest BCUT2D eigenvalue weighted by molar-refractivity contribution is 6.33. The molecule has 0 bridgehead atoms. The van der Waals surface area contributed by atoms with E-state index < -0.39 is 11.7 Å². The molecule has 2 rings (SSSR count). The average Bonchev–Trinajstić information content (AvgIpc) is 2.38. The first kappa shape index (κ1) is 15.3. The first-order valence-electron chi connectivity index (χ1n) is 5.89. The average molecular weight is 318 g/mol. The van der Waals surface area contributed by atoms with Crippen molar-refractivity contribution in [3.8, 4) is 11.5 Å². The molecule has 112 valence electrons. The minimum Gasteiger partial charge on any atom is -0.508 e. The van der Waals surface area contributed by atoms with Crippen molar-refractivity contribution in [3.63, 3.8) is 0 Å². The SMILES string of the molecule is Oc1ccc(CNc2ccc(C(F)(F)F)cc2Cl)c(O)c1. The van der Waals surface area contributed by atoms with E-state index in [1.54, 1.807) is 0 Å². The Morgan fingerprint density at radius 2 is 1.76 bits per heavy atom. The predicted molar refractivity (Wildman–Crippen MR) is 73.6 cm³/mol. The Bertz CT molecular complexity index is 659. The fourth-order valence-corrected chi connectivity index (χ4v) is 1.97. The number of alkyl halides is 3. The van der Waals surface area contributed by atoms with Crippen molar-refractivity contribution < 1.29 is 23.4 Å². The van der Waals surface area contributed by atoms with Gasteiger partial charge in [0.25, 0.3) is 0 Å². The summed E-state index contributed by atoms with van der Waals surface area (Å²) in [4.78, 5) is 0. The van der Waals surface area contributed by atoms with Gasteiger partial charge in [0.1, 0.15) is 11.5 Å². The highest BCUT2D eigenvalue weighted by Crippen LogP contribution is 2.34. The number of hydrogen-bond acceptors (Lipinski definition) is 3. The zero-order chi connectivity index (χ0) is 15.6. The molecule has 7 heteroatoms. The predicted octanol–water partition coefficient (Wildman–Crippen LogP) is 4.38. The molecule has 0 aliphatic carbocycles. The molecule has 2 aromatic rings. The van der Waals surface area contributed by atoms with Crippen LogP contribution in [-0.2, 0) is 12.7 Å². The fourth-order valence-electron chi connectivity index (χ4n) is 1.73. The lowest BCUT2D eigenvalue weighted by atomic mass is 10.1. The molecule has 0 aromatic heterocycles. The summed E-state index contributed by atoms with van der Waals surface area (Å²) in [5.41, 5.74) is -0.0357. The zero-order valence-corrected chi connectivity index (χ0v) is 11.3. The van der Waals surface area contributed by atoms with Gasteiger partial charge < -0.3 is 15.5 Å². The van der Waals surface area contributed by atoms with Crippen LogP contribution in [-0.4, -0.2) is 10.2 Å². The summed E-state index contributed by atoms with van der Waals surface area (Å²) in [5, 5.41) is 21.5. The van der Waals surface area contributed by atoms with Crippen LogP contribution >= 0.6 is 11.6 Å². The van der Waals surface area contributed by atoms with Crippen LogP contribution < -0.4 is 5.32 Å². The second-order valence-corrected chi connectivity index (χ2v) is 4.77. The lowest BCUT2D eigenvalue weighted by Crippen LogP contribution is -2.06. The number of phenols is 2. The van der Waals surface area contributed by atoms with Gasteiger partial charge in [0.2, 0.25) is 0 Å². The minimum absolute atomic E-state index is 0.0666. The van der Waals surface area contributed by atoms with Crippen LogP contribution in [0, 0.1) is 0 Å². The molecule has 0 unspecified atom stereocenters. The molecule has 0 saturated heterocycles. The molecule has 0 amide bonds. The third kappa shape index (κ3) is 3.72. The van der Waals surface area contributed by atoms with Crippen molar-refractivity contribution in [2.45, 2.75) is 12.7 Å². The Morgan fingerprint density at radius 3 is 2.33 bits per heavy atom. The highest BCUT2D eigenvalue weighted by Gasteiger charge is 2.30. The van der Waals surface area contributed by atoms with Gasteiger partial charge in [0.15, 0.2) is 0 Å². The molecule has 2 aromatic carbocycles. The van der Waals surface area contributed by atoms with Gasteiger partial charge in [-0.1, -0.05) is 11.6 Å². The van der Waals surface area contributed by atoms with Crippen LogP contribution in [0.25, 0.3) is 0 Å². The van der Waals surface area contributed by atoms with Crippen LogP contribution in [0.4, 0.5) is 18.9 Å². The van der Waals surface area contributed by atoms with E-state index in [4.69, 9.17) is 16.7 Å². The number of benzene rings is 2. The van der Waals surface area contributed by atoms with Crippen molar-refractivity contribution in [2.75, 3.05) is 5.32 Å². The third-order valence-corrected chi connectivity index (χ3v) is 3.15. The van der Waals surface area contributed by atoms with Crippen molar-refractivity contribution in [2.24, 2.45) is 0 Å². The molecule has 21 heavy (non-hydrogen) atoms.